The first-order valence-electron chi connectivity index (χ1n) is 6.35. The summed E-state index contributed by atoms with van der Waals surface area (Å²) in [7, 11) is 0. The molecule has 2 N–H and O–H groups in total. The predicted molar refractivity (Wildman–Crippen MR) is 76.3 cm³/mol. The van der Waals surface area contributed by atoms with Gasteiger partial charge in [-0.25, -0.2) is 4.39 Å². The van der Waals surface area contributed by atoms with Gasteiger partial charge >= 0.3 is 0 Å². The molecule has 1 aliphatic heterocycles. The Balaban J connectivity index is 0.00000180. The molecule has 0 radical (unpaired) electrons. The summed E-state index contributed by atoms with van der Waals surface area (Å²) in [5, 5.41) is 6.29. The van der Waals surface area contributed by atoms with Gasteiger partial charge in [-0.2, -0.15) is 0 Å². The zero-order valence-electron chi connectivity index (χ0n) is 11.2. The molecule has 0 bridgehead atoms. The van der Waals surface area contributed by atoms with Crippen LogP contribution in [0.4, 0.5) is 4.39 Å². The van der Waals surface area contributed by atoms with Crippen LogP contribution in [0.15, 0.2) is 18.2 Å². The molecule has 1 saturated heterocycles. The topological polar surface area (TPSA) is 41.1 Å². The first kappa shape index (κ1) is 15.9. The van der Waals surface area contributed by atoms with Crippen LogP contribution >= 0.6 is 12.4 Å². The number of aryl methyl sites for hydroxylation is 1. The van der Waals surface area contributed by atoms with Crippen molar-refractivity contribution < 1.29 is 9.18 Å². The van der Waals surface area contributed by atoms with Crippen molar-refractivity contribution in [2.75, 3.05) is 13.1 Å². The molecule has 106 valence electrons. The van der Waals surface area contributed by atoms with Crippen molar-refractivity contribution in [3.63, 3.8) is 0 Å². The van der Waals surface area contributed by atoms with Crippen molar-refractivity contribution in [3.8, 4) is 0 Å². The van der Waals surface area contributed by atoms with Crippen molar-refractivity contribution in [2.24, 2.45) is 5.92 Å². The molecule has 2 atom stereocenters. The van der Waals surface area contributed by atoms with Gasteiger partial charge in [0.25, 0.3) is 5.91 Å². The maximum absolute atomic E-state index is 13.2. The van der Waals surface area contributed by atoms with E-state index in [4.69, 9.17) is 0 Å². The largest absolute Gasteiger partial charge is 0.349 e. The number of nitrogens with one attached hydrogen (secondary N) is 2. The molecular formula is C14H20ClFN2O. The maximum Gasteiger partial charge on any atom is 0.251 e. The van der Waals surface area contributed by atoms with Gasteiger partial charge in [-0.05, 0) is 50.0 Å². The monoisotopic (exact) mass is 286 g/mol. The van der Waals surface area contributed by atoms with Gasteiger partial charge in [-0.15, -0.1) is 12.4 Å². The summed E-state index contributed by atoms with van der Waals surface area (Å²) in [4.78, 5) is 12.1. The minimum absolute atomic E-state index is 0. The number of hydrogen-bond acceptors (Lipinski definition) is 2. The van der Waals surface area contributed by atoms with Gasteiger partial charge in [-0.1, -0.05) is 13.0 Å². The van der Waals surface area contributed by atoms with Crippen molar-refractivity contribution in [2.45, 2.75) is 26.3 Å². The van der Waals surface area contributed by atoms with E-state index in [1.54, 1.807) is 6.07 Å². The average Bonchev–Trinajstić information content (AvgIpc) is 2.35. The highest BCUT2D eigenvalue weighted by Crippen LogP contribution is 2.14. The Bertz CT molecular complexity index is 453. The first-order valence-corrected chi connectivity index (χ1v) is 6.35. The molecule has 2 unspecified atom stereocenters. The molecule has 1 fully saturated rings. The molecule has 3 nitrogen and oxygen atoms in total. The zero-order chi connectivity index (χ0) is 13.1. The Morgan fingerprint density at radius 1 is 1.47 bits per heavy atom. The minimum Gasteiger partial charge on any atom is -0.349 e. The molecular weight excluding hydrogens is 267 g/mol. The molecule has 1 aliphatic rings. The Kier molecular flexibility index (Phi) is 5.76. The Morgan fingerprint density at radius 3 is 2.89 bits per heavy atom. The van der Waals surface area contributed by atoms with E-state index in [0.717, 1.165) is 25.1 Å². The fourth-order valence-corrected chi connectivity index (χ4v) is 2.31. The predicted octanol–water partition coefficient (Wildman–Crippen LogP) is 2.28. The fraction of sp³-hybridized carbons (Fsp3) is 0.500. The molecule has 19 heavy (non-hydrogen) atoms. The Labute approximate surface area is 119 Å². The van der Waals surface area contributed by atoms with Crippen LogP contribution in [0.3, 0.4) is 0 Å². The first-order chi connectivity index (χ1) is 8.58. The van der Waals surface area contributed by atoms with E-state index in [1.165, 1.54) is 12.1 Å². The van der Waals surface area contributed by atoms with Crippen LogP contribution in [0.2, 0.25) is 0 Å². The number of piperidine rings is 1. The van der Waals surface area contributed by atoms with Crippen LogP contribution in [-0.4, -0.2) is 25.0 Å². The third kappa shape index (κ3) is 3.91. The van der Waals surface area contributed by atoms with Crippen LogP contribution in [0, 0.1) is 18.7 Å². The van der Waals surface area contributed by atoms with Gasteiger partial charge in [0.1, 0.15) is 5.82 Å². The number of carbonyl (C=O) groups excluding carboxylic acids is 1. The molecule has 0 spiro atoms. The van der Waals surface area contributed by atoms with E-state index in [-0.39, 0.29) is 30.2 Å². The second kappa shape index (κ2) is 6.87. The quantitative estimate of drug-likeness (QED) is 0.876. The van der Waals surface area contributed by atoms with E-state index in [0.29, 0.717) is 11.5 Å². The molecule has 1 aromatic rings. The maximum atomic E-state index is 13.2. The highest BCUT2D eigenvalue weighted by molar-refractivity contribution is 5.95. The normalized spacial score (nSPS) is 22.5. The molecule has 1 heterocycles. The molecule has 2 rings (SSSR count). The third-order valence-electron chi connectivity index (χ3n) is 3.55. The number of rotatable bonds is 2. The number of halogens is 2. The van der Waals surface area contributed by atoms with Crippen LogP contribution in [0.5, 0.6) is 0 Å². The van der Waals surface area contributed by atoms with Crippen LogP contribution in [-0.2, 0) is 0 Å². The average molecular weight is 287 g/mol. The van der Waals surface area contributed by atoms with Crippen LogP contribution in [0.25, 0.3) is 0 Å². The van der Waals surface area contributed by atoms with E-state index in [1.807, 2.05) is 6.92 Å². The number of carbonyl (C=O) groups is 1. The summed E-state index contributed by atoms with van der Waals surface area (Å²) in [6.07, 6.45) is 0.918. The van der Waals surface area contributed by atoms with Crippen molar-refractivity contribution >= 4 is 18.3 Å². The number of benzene rings is 1. The van der Waals surface area contributed by atoms with Crippen LogP contribution < -0.4 is 10.6 Å². The van der Waals surface area contributed by atoms with E-state index < -0.39 is 0 Å². The SMILES string of the molecule is Cc1ccc(F)cc1C(=O)NC1CCNCC1C.Cl. The number of amides is 1. The van der Waals surface area contributed by atoms with Gasteiger partial charge in [0.05, 0.1) is 0 Å². The van der Waals surface area contributed by atoms with Gasteiger partial charge in [-0.3, -0.25) is 4.79 Å². The van der Waals surface area contributed by atoms with E-state index in [2.05, 4.69) is 17.6 Å². The van der Waals surface area contributed by atoms with Crippen molar-refractivity contribution in [1.29, 1.82) is 0 Å². The molecule has 0 aromatic heterocycles. The van der Waals surface area contributed by atoms with Crippen LogP contribution in [0.1, 0.15) is 29.3 Å². The highest BCUT2D eigenvalue weighted by atomic mass is 35.5. The summed E-state index contributed by atoms with van der Waals surface area (Å²) >= 11 is 0. The lowest BCUT2D eigenvalue weighted by Crippen LogP contribution is -2.48. The Hall–Kier alpha value is -1.13. The second-order valence-corrected chi connectivity index (χ2v) is 5.01. The summed E-state index contributed by atoms with van der Waals surface area (Å²) in [6.45, 7) is 5.75. The van der Waals surface area contributed by atoms with Gasteiger partial charge in [0.2, 0.25) is 0 Å². The summed E-state index contributed by atoms with van der Waals surface area (Å²) in [5.41, 5.74) is 1.23. The smallest absolute Gasteiger partial charge is 0.251 e. The van der Waals surface area contributed by atoms with Crippen molar-refractivity contribution in [1.82, 2.24) is 10.6 Å². The summed E-state index contributed by atoms with van der Waals surface area (Å²) < 4.78 is 13.2. The molecule has 1 aromatic carbocycles. The summed E-state index contributed by atoms with van der Waals surface area (Å²) in [5.74, 6) is -0.147. The van der Waals surface area contributed by atoms with E-state index in [9.17, 15) is 9.18 Å². The molecule has 0 saturated carbocycles. The lowest BCUT2D eigenvalue weighted by molar-refractivity contribution is 0.0913. The van der Waals surface area contributed by atoms with E-state index >= 15 is 0 Å². The van der Waals surface area contributed by atoms with Gasteiger partial charge < -0.3 is 10.6 Å². The second-order valence-electron chi connectivity index (χ2n) is 5.01. The highest BCUT2D eigenvalue weighted by Gasteiger charge is 2.23. The zero-order valence-corrected chi connectivity index (χ0v) is 12.0. The molecule has 5 heteroatoms. The minimum atomic E-state index is -0.371. The standard InChI is InChI=1S/C14H19FN2O.ClH/c1-9-3-4-11(15)7-12(9)14(18)17-13-5-6-16-8-10(13)2;/h3-4,7,10,13,16H,5-6,8H2,1-2H3,(H,17,18);1H. The van der Waals surface area contributed by atoms with Gasteiger partial charge in [0, 0.05) is 11.6 Å². The Morgan fingerprint density at radius 2 is 2.21 bits per heavy atom. The van der Waals surface area contributed by atoms with Gasteiger partial charge in [0.15, 0.2) is 0 Å². The lowest BCUT2D eigenvalue weighted by Gasteiger charge is -2.30. The van der Waals surface area contributed by atoms with Crippen molar-refractivity contribution in [3.05, 3.63) is 35.1 Å². The number of hydrogen-bond donors (Lipinski definition) is 2. The molecule has 0 aliphatic carbocycles. The third-order valence-corrected chi connectivity index (χ3v) is 3.55. The fourth-order valence-electron chi connectivity index (χ4n) is 2.31. The molecule has 1 amide bonds. The lowest BCUT2D eigenvalue weighted by atomic mass is 9.94. The summed E-state index contributed by atoms with van der Waals surface area (Å²) in [6, 6.07) is 4.48.